The molecule has 0 aliphatic heterocycles. The highest BCUT2D eigenvalue weighted by atomic mass is 16.2. The molecule has 0 saturated carbocycles. The number of hydrogen-bond acceptors (Lipinski definition) is 2. The quantitative estimate of drug-likeness (QED) is 0.888. The summed E-state index contributed by atoms with van der Waals surface area (Å²) in [5, 5.41) is 2.94. The zero-order valence-electron chi connectivity index (χ0n) is 16.6. The fraction of sp³-hybridized carbons (Fsp3) is 0.364. The zero-order chi connectivity index (χ0) is 19.4. The molecule has 0 aliphatic rings. The summed E-state index contributed by atoms with van der Waals surface area (Å²) in [4.78, 5) is 26.3. The minimum Gasteiger partial charge on any atom is -0.336 e. The number of nitrogens with zero attached hydrogens (tertiary/aromatic N) is 1. The standard InChI is InChI=1S/C22H28N2O2/c1-14-9-17(4)22(18(5)10-14)23-20(25)13-24(6)21(26)12-19-8-7-15(2)16(3)11-19/h7-11H,12-13H2,1-6H3,(H,23,25). The van der Waals surface area contributed by atoms with E-state index < -0.39 is 0 Å². The van der Waals surface area contributed by atoms with Crippen LogP contribution >= 0.6 is 0 Å². The smallest absolute Gasteiger partial charge is 0.243 e. The van der Waals surface area contributed by atoms with Gasteiger partial charge in [-0.3, -0.25) is 9.59 Å². The summed E-state index contributed by atoms with van der Waals surface area (Å²) in [6, 6.07) is 10.1. The number of likely N-dealkylation sites (N-methyl/N-ethyl adjacent to an activating group) is 1. The first-order valence-corrected chi connectivity index (χ1v) is 8.85. The molecule has 1 N–H and O–H groups in total. The van der Waals surface area contributed by atoms with E-state index in [1.54, 1.807) is 7.05 Å². The molecule has 2 aromatic rings. The average Bonchev–Trinajstić information content (AvgIpc) is 2.54. The van der Waals surface area contributed by atoms with E-state index >= 15 is 0 Å². The van der Waals surface area contributed by atoms with Gasteiger partial charge in [-0.1, -0.05) is 35.9 Å². The normalized spacial score (nSPS) is 10.5. The van der Waals surface area contributed by atoms with Gasteiger partial charge < -0.3 is 10.2 Å². The molecular weight excluding hydrogens is 324 g/mol. The van der Waals surface area contributed by atoms with E-state index in [-0.39, 0.29) is 18.4 Å². The van der Waals surface area contributed by atoms with Crippen LogP contribution in [-0.2, 0) is 16.0 Å². The number of nitrogens with one attached hydrogen (secondary N) is 1. The number of carbonyl (C=O) groups excluding carboxylic acids is 2. The van der Waals surface area contributed by atoms with Gasteiger partial charge in [0, 0.05) is 12.7 Å². The number of anilines is 1. The summed E-state index contributed by atoms with van der Waals surface area (Å²) in [6.07, 6.45) is 0.299. The van der Waals surface area contributed by atoms with Crippen LogP contribution in [0.3, 0.4) is 0 Å². The molecule has 4 heteroatoms. The Balaban J connectivity index is 1.98. The molecule has 0 spiro atoms. The van der Waals surface area contributed by atoms with Gasteiger partial charge >= 0.3 is 0 Å². The van der Waals surface area contributed by atoms with Gasteiger partial charge in [0.05, 0.1) is 13.0 Å². The van der Waals surface area contributed by atoms with E-state index in [9.17, 15) is 9.59 Å². The Morgan fingerprint density at radius 1 is 0.885 bits per heavy atom. The number of carbonyl (C=O) groups is 2. The summed E-state index contributed by atoms with van der Waals surface area (Å²) in [6.45, 7) is 10.1. The Hall–Kier alpha value is -2.62. The molecule has 0 aliphatic carbocycles. The maximum Gasteiger partial charge on any atom is 0.243 e. The van der Waals surface area contributed by atoms with Gasteiger partial charge in [0.1, 0.15) is 0 Å². The van der Waals surface area contributed by atoms with Crippen molar-refractivity contribution in [2.45, 2.75) is 41.0 Å². The summed E-state index contributed by atoms with van der Waals surface area (Å²) in [5.41, 5.74) is 7.39. The van der Waals surface area contributed by atoms with E-state index in [1.165, 1.54) is 21.6 Å². The molecule has 4 nitrogen and oxygen atoms in total. The van der Waals surface area contributed by atoms with E-state index in [0.29, 0.717) is 6.42 Å². The minimum absolute atomic E-state index is 0.0381. The lowest BCUT2D eigenvalue weighted by Gasteiger charge is -2.19. The lowest BCUT2D eigenvalue weighted by atomic mass is 10.0. The summed E-state index contributed by atoms with van der Waals surface area (Å²) in [5.74, 6) is -0.253. The lowest BCUT2D eigenvalue weighted by Crippen LogP contribution is -2.36. The molecule has 2 amide bonds. The second kappa shape index (κ2) is 8.17. The Morgan fingerprint density at radius 2 is 1.50 bits per heavy atom. The highest BCUT2D eigenvalue weighted by molar-refractivity contribution is 5.96. The second-order valence-electron chi connectivity index (χ2n) is 7.17. The first kappa shape index (κ1) is 19.7. The molecule has 26 heavy (non-hydrogen) atoms. The third kappa shape index (κ3) is 4.94. The third-order valence-corrected chi connectivity index (χ3v) is 4.67. The number of amides is 2. The maximum atomic E-state index is 12.4. The van der Waals surface area contributed by atoms with Crippen LogP contribution < -0.4 is 5.32 Å². The molecule has 0 saturated heterocycles. The molecular formula is C22H28N2O2. The van der Waals surface area contributed by atoms with Crippen LogP contribution in [0.15, 0.2) is 30.3 Å². The Labute approximate surface area is 156 Å². The van der Waals surface area contributed by atoms with Gasteiger partial charge in [-0.2, -0.15) is 0 Å². The number of hydrogen-bond donors (Lipinski definition) is 1. The van der Waals surface area contributed by atoms with Crippen molar-refractivity contribution in [3.05, 3.63) is 63.7 Å². The number of aryl methyl sites for hydroxylation is 5. The van der Waals surface area contributed by atoms with Crippen molar-refractivity contribution < 1.29 is 9.59 Å². The van der Waals surface area contributed by atoms with Crippen molar-refractivity contribution in [1.82, 2.24) is 4.90 Å². The van der Waals surface area contributed by atoms with Crippen molar-refractivity contribution in [2.24, 2.45) is 0 Å². The highest BCUT2D eigenvalue weighted by Crippen LogP contribution is 2.21. The summed E-state index contributed by atoms with van der Waals surface area (Å²) < 4.78 is 0. The Bertz CT molecular complexity index is 817. The largest absolute Gasteiger partial charge is 0.336 e. The maximum absolute atomic E-state index is 12.4. The molecule has 0 heterocycles. The van der Waals surface area contributed by atoms with Gasteiger partial charge in [-0.15, -0.1) is 0 Å². The minimum atomic E-state index is -0.184. The first-order valence-electron chi connectivity index (χ1n) is 8.85. The second-order valence-corrected chi connectivity index (χ2v) is 7.17. The molecule has 2 rings (SSSR count). The van der Waals surface area contributed by atoms with Crippen molar-refractivity contribution in [1.29, 1.82) is 0 Å². The first-order chi connectivity index (χ1) is 12.2. The molecule has 138 valence electrons. The van der Waals surface area contributed by atoms with Crippen LogP contribution in [0.4, 0.5) is 5.69 Å². The van der Waals surface area contributed by atoms with Crippen molar-refractivity contribution in [3.8, 4) is 0 Å². The van der Waals surface area contributed by atoms with Crippen LogP contribution in [0.5, 0.6) is 0 Å². The van der Waals surface area contributed by atoms with Crippen molar-refractivity contribution >= 4 is 17.5 Å². The molecule has 0 fully saturated rings. The van der Waals surface area contributed by atoms with E-state index in [0.717, 1.165) is 22.4 Å². The zero-order valence-corrected chi connectivity index (χ0v) is 16.6. The van der Waals surface area contributed by atoms with Crippen LogP contribution in [-0.4, -0.2) is 30.3 Å². The molecule has 0 bridgehead atoms. The van der Waals surface area contributed by atoms with Gasteiger partial charge in [0.25, 0.3) is 0 Å². The Morgan fingerprint density at radius 3 is 2.08 bits per heavy atom. The number of rotatable bonds is 5. The molecule has 0 aromatic heterocycles. The van der Waals surface area contributed by atoms with E-state index in [2.05, 4.69) is 5.32 Å². The molecule has 0 unspecified atom stereocenters. The molecule has 2 aromatic carbocycles. The monoisotopic (exact) mass is 352 g/mol. The molecule has 0 atom stereocenters. The summed E-state index contributed by atoms with van der Waals surface area (Å²) >= 11 is 0. The number of benzene rings is 2. The van der Waals surface area contributed by atoms with Gasteiger partial charge in [-0.05, 0) is 62.4 Å². The average molecular weight is 352 g/mol. The predicted octanol–water partition coefficient (Wildman–Crippen LogP) is 3.87. The fourth-order valence-corrected chi connectivity index (χ4v) is 3.08. The summed E-state index contributed by atoms with van der Waals surface area (Å²) in [7, 11) is 1.66. The van der Waals surface area contributed by atoms with E-state index in [1.807, 2.05) is 65.0 Å². The topological polar surface area (TPSA) is 49.4 Å². The molecule has 0 radical (unpaired) electrons. The van der Waals surface area contributed by atoms with Crippen molar-refractivity contribution in [3.63, 3.8) is 0 Å². The van der Waals surface area contributed by atoms with E-state index in [4.69, 9.17) is 0 Å². The van der Waals surface area contributed by atoms with Crippen LogP contribution in [0.2, 0.25) is 0 Å². The third-order valence-electron chi connectivity index (χ3n) is 4.67. The fourth-order valence-electron chi connectivity index (χ4n) is 3.08. The highest BCUT2D eigenvalue weighted by Gasteiger charge is 2.15. The Kier molecular flexibility index (Phi) is 6.19. The van der Waals surface area contributed by atoms with Gasteiger partial charge in [0.2, 0.25) is 11.8 Å². The lowest BCUT2D eigenvalue weighted by molar-refractivity contribution is -0.132. The van der Waals surface area contributed by atoms with Crippen LogP contribution in [0, 0.1) is 34.6 Å². The van der Waals surface area contributed by atoms with Crippen molar-refractivity contribution in [2.75, 3.05) is 18.9 Å². The SMILES string of the molecule is Cc1cc(C)c(NC(=O)CN(C)C(=O)Cc2ccc(C)c(C)c2)c(C)c1. The van der Waals surface area contributed by atoms with Gasteiger partial charge in [0.15, 0.2) is 0 Å². The predicted molar refractivity (Wildman–Crippen MR) is 107 cm³/mol. The van der Waals surface area contributed by atoms with Crippen LogP contribution in [0.1, 0.15) is 33.4 Å². The van der Waals surface area contributed by atoms with Crippen LogP contribution in [0.25, 0.3) is 0 Å². The van der Waals surface area contributed by atoms with Gasteiger partial charge in [-0.25, -0.2) is 0 Å².